The first-order chi connectivity index (χ1) is 14.4. The number of imide groups is 1. The lowest BCUT2D eigenvalue weighted by Crippen LogP contribution is -2.29. The molecule has 0 bridgehead atoms. The third-order valence-electron chi connectivity index (χ3n) is 4.80. The van der Waals surface area contributed by atoms with Crippen LogP contribution in [0.3, 0.4) is 0 Å². The van der Waals surface area contributed by atoms with Crippen molar-refractivity contribution < 1.29 is 24.0 Å². The Morgan fingerprint density at radius 1 is 0.900 bits per heavy atom. The van der Waals surface area contributed by atoms with E-state index in [1.807, 2.05) is 0 Å². The van der Waals surface area contributed by atoms with Gasteiger partial charge in [0.2, 0.25) is 0 Å². The smallest absolute Gasteiger partial charge is 0.270 e. The topological polar surface area (TPSA) is 107 Å². The first kappa shape index (κ1) is 19.0. The van der Waals surface area contributed by atoms with Crippen molar-refractivity contribution >= 4 is 29.0 Å². The van der Waals surface area contributed by atoms with Crippen molar-refractivity contribution in [3.05, 3.63) is 99.1 Å². The number of nitro benzene ring substituents is 1. The number of amides is 2. The van der Waals surface area contributed by atoms with Gasteiger partial charge in [-0.3, -0.25) is 24.5 Å². The van der Waals surface area contributed by atoms with E-state index in [1.54, 1.807) is 24.3 Å². The van der Waals surface area contributed by atoms with E-state index in [2.05, 4.69) is 0 Å². The molecule has 1 aliphatic rings. The molecule has 1 aliphatic heterocycles. The Balaban J connectivity index is 1.68. The monoisotopic (exact) mass is 402 g/mol. The van der Waals surface area contributed by atoms with Gasteiger partial charge < -0.3 is 4.74 Å². The number of nitrogens with zero attached hydrogens (tertiary/aromatic N) is 2. The van der Waals surface area contributed by atoms with Gasteiger partial charge in [0.15, 0.2) is 5.78 Å². The Labute approximate surface area is 170 Å². The summed E-state index contributed by atoms with van der Waals surface area (Å²) in [4.78, 5) is 49.8. The lowest BCUT2D eigenvalue weighted by Gasteiger charge is -2.14. The molecule has 0 spiro atoms. The Morgan fingerprint density at radius 3 is 2.23 bits per heavy atom. The molecule has 0 saturated carbocycles. The average molecular weight is 402 g/mol. The predicted octanol–water partition coefficient (Wildman–Crippen LogP) is 3.64. The molecule has 8 nitrogen and oxygen atoms in total. The molecule has 0 unspecified atom stereocenters. The summed E-state index contributed by atoms with van der Waals surface area (Å²) < 4.78 is 5.09. The Bertz CT molecular complexity index is 1220. The molecule has 0 aromatic heterocycles. The number of carbonyl (C=O) groups is 3. The Hall–Kier alpha value is -4.33. The molecule has 3 aromatic rings. The van der Waals surface area contributed by atoms with E-state index < -0.39 is 22.5 Å². The SMILES string of the molecule is COc1ccc(N2C(=O)c3ccc(C(=O)c4cccc([N+](=O)[O-])c4)cc3C2=O)cc1. The quantitative estimate of drug-likeness (QED) is 0.279. The van der Waals surface area contributed by atoms with Crippen LogP contribution in [0.15, 0.2) is 66.7 Å². The van der Waals surface area contributed by atoms with E-state index in [0.717, 1.165) is 4.90 Å². The van der Waals surface area contributed by atoms with Gasteiger partial charge in [-0.2, -0.15) is 0 Å². The number of ether oxygens (including phenoxy) is 1. The van der Waals surface area contributed by atoms with Crippen LogP contribution in [0.1, 0.15) is 36.6 Å². The van der Waals surface area contributed by atoms with Crippen LogP contribution < -0.4 is 9.64 Å². The van der Waals surface area contributed by atoms with Crippen LogP contribution >= 0.6 is 0 Å². The summed E-state index contributed by atoms with van der Waals surface area (Å²) in [5, 5.41) is 11.0. The van der Waals surface area contributed by atoms with Crippen molar-refractivity contribution in [2.45, 2.75) is 0 Å². The summed E-state index contributed by atoms with van der Waals surface area (Å²) >= 11 is 0. The van der Waals surface area contributed by atoms with Gasteiger partial charge in [0.1, 0.15) is 5.75 Å². The predicted molar refractivity (Wildman–Crippen MR) is 107 cm³/mol. The summed E-state index contributed by atoms with van der Waals surface area (Å²) in [6.07, 6.45) is 0. The third-order valence-corrected chi connectivity index (χ3v) is 4.80. The minimum Gasteiger partial charge on any atom is -0.497 e. The fourth-order valence-corrected chi connectivity index (χ4v) is 3.28. The second-order valence-corrected chi connectivity index (χ2v) is 6.54. The van der Waals surface area contributed by atoms with Crippen LogP contribution in [0.2, 0.25) is 0 Å². The van der Waals surface area contributed by atoms with Crippen molar-refractivity contribution in [3.63, 3.8) is 0 Å². The number of methoxy groups -OCH3 is 1. The van der Waals surface area contributed by atoms with E-state index >= 15 is 0 Å². The second kappa shape index (κ2) is 7.25. The molecule has 0 radical (unpaired) electrons. The molecule has 30 heavy (non-hydrogen) atoms. The van der Waals surface area contributed by atoms with Crippen LogP contribution in [-0.2, 0) is 0 Å². The number of fused-ring (bicyclic) bond motifs is 1. The van der Waals surface area contributed by atoms with Crippen LogP contribution in [0, 0.1) is 10.1 Å². The van der Waals surface area contributed by atoms with Gasteiger partial charge in [-0.1, -0.05) is 18.2 Å². The number of carbonyl (C=O) groups excluding carboxylic acids is 3. The lowest BCUT2D eigenvalue weighted by atomic mass is 9.99. The molecular formula is C22H14N2O6. The molecule has 0 fully saturated rings. The number of nitro groups is 1. The molecule has 8 heteroatoms. The zero-order valence-corrected chi connectivity index (χ0v) is 15.7. The molecule has 4 rings (SSSR count). The molecule has 3 aromatic carbocycles. The Morgan fingerprint density at radius 2 is 1.57 bits per heavy atom. The number of hydrogen-bond acceptors (Lipinski definition) is 6. The highest BCUT2D eigenvalue weighted by Crippen LogP contribution is 2.30. The number of benzene rings is 3. The van der Waals surface area contributed by atoms with Crippen LogP contribution in [0.4, 0.5) is 11.4 Å². The normalized spacial score (nSPS) is 12.6. The summed E-state index contributed by atoms with van der Waals surface area (Å²) in [6.45, 7) is 0. The van der Waals surface area contributed by atoms with E-state index in [0.29, 0.717) is 11.4 Å². The maximum absolute atomic E-state index is 12.9. The molecule has 1 heterocycles. The van der Waals surface area contributed by atoms with Crippen molar-refractivity contribution in [1.82, 2.24) is 0 Å². The van der Waals surface area contributed by atoms with Crippen molar-refractivity contribution in [2.24, 2.45) is 0 Å². The second-order valence-electron chi connectivity index (χ2n) is 6.54. The number of rotatable bonds is 5. The van der Waals surface area contributed by atoms with Gasteiger partial charge in [-0.05, 0) is 36.4 Å². The highest BCUT2D eigenvalue weighted by molar-refractivity contribution is 6.34. The van der Waals surface area contributed by atoms with Crippen LogP contribution in [0.5, 0.6) is 5.75 Å². The number of hydrogen-bond donors (Lipinski definition) is 0. The first-order valence-electron chi connectivity index (χ1n) is 8.87. The highest BCUT2D eigenvalue weighted by atomic mass is 16.6. The van der Waals surface area contributed by atoms with Gasteiger partial charge in [0.05, 0.1) is 28.8 Å². The fraction of sp³-hybridized carbons (Fsp3) is 0.0455. The first-order valence-corrected chi connectivity index (χ1v) is 8.87. The molecule has 148 valence electrons. The number of ketones is 1. The van der Waals surface area contributed by atoms with E-state index in [4.69, 9.17) is 4.74 Å². The van der Waals surface area contributed by atoms with Gasteiger partial charge in [-0.15, -0.1) is 0 Å². The molecule has 2 amide bonds. The van der Waals surface area contributed by atoms with Gasteiger partial charge >= 0.3 is 0 Å². The van der Waals surface area contributed by atoms with Crippen LogP contribution in [-0.4, -0.2) is 29.6 Å². The highest BCUT2D eigenvalue weighted by Gasteiger charge is 2.37. The number of non-ortho nitro benzene ring substituents is 1. The van der Waals surface area contributed by atoms with Crippen molar-refractivity contribution in [1.29, 1.82) is 0 Å². The zero-order valence-electron chi connectivity index (χ0n) is 15.7. The summed E-state index contributed by atoms with van der Waals surface area (Å²) in [5.41, 5.74) is 0.742. The molecule has 0 atom stereocenters. The lowest BCUT2D eigenvalue weighted by molar-refractivity contribution is -0.384. The van der Waals surface area contributed by atoms with Crippen molar-refractivity contribution in [3.8, 4) is 5.75 Å². The maximum Gasteiger partial charge on any atom is 0.270 e. The van der Waals surface area contributed by atoms with Crippen LogP contribution in [0.25, 0.3) is 0 Å². The van der Waals surface area contributed by atoms with Gasteiger partial charge in [-0.25, -0.2) is 4.90 Å². The third kappa shape index (κ3) is 3.10. The zero-order chi connectivity index (χ0) is 21.4. The van der Waals surface area contributed by atoms with Gasteiger partial charge in [0, 0.05) is 23.3 Å². The van der Waals surface area contributed by atoms with E-state index in [9.17, 15) is 24.5 Å². The number of anilines is 1. The maximum atomic E-state index is 12.9. The minimum atomic E-state index is -0.589. The summed E-state index contributed by atoms with van der Waals surface area (Å²) in [7, 11) is 1.51. The van der Waals surface area contributed by atoms with Crippen molar-refractivity contribution in [2.75, 3.05) is 12.0 Å². The largest absolute Gasteiger partial charge is 0.497 e. The molecule has 0 aliphatic carbocycles. The van der Waals surface area contributed by atoms with E-state index in [-0.39, 0.29) is 27.9 Å². The van der Waals surface area contributed by atoms with E-state index in [1.165, 1.54) is 49.6 Å². The summed E-state index contributed by atoms with van der Waals surface area (Å²) in [5.74, 6) is -0.937. The molecule has 0 N–H and O–H groups in total. The average Bonchev–Trinajstić information content (AvgIpc) is 3.03. The standard InChI is InChI=1S/C22H14N2O6/c1-30-17-8-6-15(7-9-17)23-21(26)18-10-5-14(12-19(18)22(23)27)20(25)13-3-2-4-16(11-13)24(28)29/h2-12H,1H3. The van der Waals surface area contributed by atoms with Gasteiger partial charge in [0.25, 0.3) is 17.5 Å². The summed E-state index contributed by atoms with van der Waals surface area (Å²) in [6, 6.07) is 16.0. The fourth-order valence-electron chi connectivity index (χ4n) is 3.28. The Kier molecular flexibility index (Phi) is 4.59. The molecular weight excluding hydrogens is 388 g/mol. The molecule has 0 saturated heterocycles. The minimum absolute atomic E-state index is 0.104.